The largest absolute Gasteiger partial charge is 0.508 e. The highest BCUT2D eigenvalue weighted by atomic mass is 16.5. The number of hydrogen-bond acceptors (Lipinski definition) is 3. The third-order valence-electron chi connectivity index (χ3n) is 3.74. The van der Waals surface area contributed by atoms with Crippen LogP contribution < -0.4 is 4.74 Å². The molecule has 0 heterocycles. The van der Waals surface area contributed by atoms with Gasteiger partial charge in [-0.3, -0.25) is 0 Å². The Labute approximate surface area is 118 Å². The van der Waals surface area contributed by atoms with E-state index in [0.717, 1.165) is 36.1 Å². The van der Waals surface area contributed by atoms with E-state index in [1.165, 1.54) is 5.56 Å². The quantitative estimate of drug-likeness (QED) is 0.899. The Hall–Kier alpha value is -2.00. The molecule has 0 unspecified atom stereocenters. The van der Waals surface area contributed by atoms with Gasteiger partial charge >= 0.3 is 0 Å². The zero-order chi connectivity index (χ0) is 13.9. The summed E-state index contributed by atoms with van der Waals surface area (Å²) in [7, 11) is 0. The van der Waals surface area contributed by atoms with Gasteiger partial charge in [0.1, 0.15) is 18.1 Å². The molecule has 3 heteroatoms. The van der Waals surface area contributed by atoms with Crippen LogP contribution in [0.25, 0.3) is 0 Å². The van der Waals surface area contributed by atoms with E-state index < -0.39 is 0 Å². The summed E-state index contributed by atoms with van der Waals surface area (Å²) in [6.07, 6.45) is 2.54. The number of fused-ring (bicyclic) bond motifs is 1. The van der Waals surface area contributed by atoms with E-state index in [-0.39, 0.29) is 11.9 Å². The number of aliphatic hydroxyl groups is 1. The SMILES string of the molecule is Oc1ccc(COc2ccc3c(c2)[C@H](O)CCC3)cc1. The molecule has 3 rings (SSSR count). The van der Waals surface area contributed by atoms with E-state index in [1.807, 2.05) is 30.3 Å². The molecule has 1 atom stereocenters. The lowest BCUT2D eigenvalue weighted by Gasteiger charge is -2.22. The summed E-state index contributed by atoms with van der Waals surface area (Å²) in [6, 6.07) is 12.9. The lowest BCUT2D eigenvalue weighted by Crippen LogP contribution is -2.09. The molecule has 0 amide bonds. The summed E-state index contributed by atoms with van der Waals surface area (Å²) in [5.74, 6) is 1.03. The van der Waals surface area contributed by atoms with E-state index in [1.54, 1.807) is 12.1 Å². The molecule has 0 aliphatic heterocycles. The first-order chi connectivity index (χ1) is 9.72. The average Bonchev–Trinajstić information content (AvgIpc) is 2.47. The van der Waals surface area contributed by atoms with Gasteiger partial charge in [0.15, 0.2) is 0 Å². The number of hydrogen-bond donors (Lipinski definition) is 2. The van der Waals surface area contributed by atoms with Crippen LogP contribution >= 0.6 is 0 Å². The number of rotatable bonds is 3. The molecule has 0 radical (unpaired) electrons. The van der Waals surface area contributed by atoms with Crippen molar-refractivity contribution in [3.05, 3.63) is 59.2 Å². The second-order valence-electron chi connectivity index (χ2n) is 5.22. The molecule has 0 aromatic heterocycles. The maximum absolute atomic E-state index is 10.0. The van der Waals surface area contributed by atoms with Crippen molar-refractivity contribution in [2.45, 2.75) is 32.0 Å². The van der Waals surface area contributed by atoms with Gasteiger partial charge in [-0.15, -0.1) is 0 Å². The molecule has 2 aromatic carbocycles. The molecule has 0 spiro atoms. The van der Waals surface area contributed by atoms with Crippen LogP contribution in [0.4, 0.5) is 0 Å². The Morgan fingerprint density at radius 3 is 2.70 bits per heavy atom. The highest BCUT2D eigenvalue weighted by Crippen LogP contribution is 2.32. The molecule has 0 fully saturated rings. The second kappa shape index (κ2) is 5.55. The molecular formula is C17H18O3. The lowest BCUT2D eigenvalue weighted by atomic mass is 9.89. The van der Waals surface area contributed by atoms with Gasteiger partial charge in [0.2, 0.25) is 0 Å². The number of phenols is 1. The summed E-state index contributed by atoms with van der Waals surface area (Å²) in [4.78, 5) is 0. The van der Waals surface area contributed by atoms with Crippen molar-refractivity contribution in [2.24, 2.45) is 0 Å². The van der Waals surface area contributed by atoms with Crippen molar-refractivity contribution in [2.75, 3.05) is 0 Å². The van der Waals surface area contributed by atoms with Gasteiger partial charge < -0.3 is 14.9 Å². The summed E-state index contributed by atoms with van der Waals surface area (Å²) >= 11 is 0. The number of ether oxygens (including phenoxy) is 1. The predicted octanol–water partition coefficient (Wildman–Crippen LogP) is 3.34. The molecule has 1 aliphatic carbocycles. The van der Waals surface area contributed by atoms with Crippen LogP contribution in [0.15, 0.2) is 42.5 Å². The van der Waals surface area contributed by atoms with Gasteiger partial charge in [-0.25, -0.2) is 0 Å². The predicted molar refractivity (Wildman–Crippen MR) is 76.8 cm³/mol. The van der Waals surface area contributed by atoms with Crippen LogP contribution in [0.1, 0.15) is 35.6 Å². The minimum atomic E-state index is -0.365. The van der Waals surface area contributed by atoms with Crippen LogP contribution in [0, 0.1) is 0 Å². The van der Waals surface area contributed by atoms with Gasteiger partial charge in [-0.05, 0) is 60.2 Å². The molecule has 2 N–H and O–H groups in total. The molecule has 0 bridgehead atoms. The molecule has 3 nitrogen and oxygen atoms in total. The fourth-order valence-corrected chi connectivity index (χ4v) is 2.60. The first-order valence-corrected chi connectivity index (χ1v) is 6.94. The first kappa shape index (κ1) is 13.0. The Kier molecular flexibility index (Phi) is 3.61. The summed E-state index contributed by atoms with van der Waals surface area (Å²) in [6.45, 7) is 0.454. The Morgan fingerprint density at radius 2 is 1.90 bits per heavy atom. The van der Waals surface area contributed by atoms with Crippen molar-refractivity contribution in [1.29, 1.82) is 0 Å². The van der Waals surface area contributed by atoms with Crippen LogP contribution in [0.5, 0.6) is 11.5 Å². The summed E-state index contributed by atoms with van der Waals surface area (Å²) in [5, 5.41) is 19.3. The van der Waals surface area contributed by atoms with E-state index in [2.05, 4.69) is 0 Å². The highest BCUT2D eigenvalue weighted by Gasteiger charge is 2.18. The smallest absolute Gasteiger partial charge is 0.120 e. The van der Waals surface area contributed by atoms with Gasteiger partial charge in [0, 0.05) is 0 Å². The third-order valence-corrected chi connectivity index (χ3v) is 3.74. The van der Waals surface area contributed by atoms with Crippen LogP contribution in [-0.2, 0) is 13.0 Å². The Bertz CT molecular complexity index is 590. The van der Waals surface area contributed by atoms with Crippen molar-refractivity contribution in [3.63, 3.8) is 0 Å². The number of aryl methyl sites for hydroxylation is 1. The van der Waals surface area contributed by atoms with E-state index in [4.69, 9.17) is 4.74 Å². The average molecular weight is 270 g/mol. The topological polar surface area (TPSA) is 49.7 Å². The normalized spacial score (nSPS) is 17.6. The van der Waals surface area contributed by atoms with Crippen molar-refractivity contribution >= 4 is 0 Å². The zero-order valence-electron chi connectivity index (χ0n) is 11.2. The monoisotopic (exact) mass is 270 g/mol. The molecule has 104 valence electrons. The van der Waals surface area contributed by atoms with Gasteiger partial charge in [-0.1, -0.05) is 18.2 Å². The minimum absolute atomic E-state index is 0.255. The number of aliphatic hydroxyl groups excluding tert-OH is 1. The Morgan fingerprint density at radius 1 is 1.10 bits per heavy atom. The van der Waals surface area contributed by atoms with Gasteiger partial charge in [0.25, 0.3) is 0 Å². The van der Waals surface area contributed by atoms with Crippen molar-refractivity contribution in [3.8, 4) is 11.5 Å². The number of benzene rings is 2. The third kappa shape index (κ3) is 2.78. The molecule has 0 saturated heterocycles. The van der Waals surface area contributed by atoms with Crippen molar-refractivity contribution in [1.82, 2.24) is 0 Å². The first-order valence-electron chi connectivity index (χ1n) is 6.94. The maximum Gasteiger partial charge on any atom is 0.120 e. The number of aromatic hydroxyl groups is 1. The molecule has 20 heavy (non-hydrogen) atoms. The molecule has 0 saturated carbocycles. The van der Waals surface area contributed by atoms with Crippen molar-refractivity contribution < 1.29 is 14.9 Å². The standard InChI is InChI=1S/C17H18O3/c18-14-7-4-12(5-8-14)11-20-15-9-6-13-2-1-3-17(19)16(13)10-15/h4-10,17-19H,1-3,11H2/t17-/m1/s1. The minimum Gasteiger partial charge on any atom is -0.508 e. The van der Waals surface area contributed by atoms with E-state index in [0.29, 0.717) is 6.61 Å². The fourth-order valence-electron chi connectivity index (χ4n) is 2.60. The molecule has 1 aliphatic rings. The fraction of sp³-hybridized carbons (Fsp3) is 0.294. The highest BCUT2D eigenvalue weighted by molar-refractivity contribution is 5.38. The zero-order valence-corrected chi connectivity index (χ0v) is 11.2. The van der Waals surface area contributed by atoms with Crippen LogP contribution in [-0.4, -0.2) is 10.2 Å². The summed E-state index contributed by atoms with van der Waals surface area (Å²) in [5.41, 5.74) is 3.22. The van der Waals surface area contributed by atoms with E-state index in [9.17, 15) is 10.2 Å². The van der Waals surface area contributed by atoms with Gasteiger partial charge in [0.05, 0.1) is 6.10 Å². The van der Waals surface area contributed by atoms with Crippen LogP contribution in [0.3, 0.4) is 0 Å². The number of phenolic OH excluding ortho intramolecular Hbond substituents is 1. The lowest BCUT2D eigenvalue weighted by molar-refractivity contribution is 0.156. The molecule has 2 aromatic rings. The van der Waals surface area contributed by atoms with Crippen LogP contribution in [0.2, 0.25) is 0 Å². The molecular weight excluding hydrogens is 252 g/mol. The maximum atomic E-state index is 10.0. The summed E-state index contributed by atoms with van der Waals surface area (Å²) < 4.78 is 5.75. The van der Waals surface area contributed by atoms with Gasteiger partial charge in [-0.2, -0.15) is 0 Å². The van der Waals surface area contributed by atoms with E-state index >= 15 is 0 Å². The second-order valence-corrected chi connectivity index (χ2v) is 5.22. The Balaban J connectivity index is 1.72.